The van der Waals surface area contributed by atoms with Crippen molar-refractivity contribution >= 4 is 11.6 Å². The average molecular weight is 339 g/mol. The molecule has 0 fully saturated rings. The first-order valence-electron chi connectivity index (χ1n) is 7.55. The molecule has 0 atom stereocenters. The molecule has 0 saturated heterocycles. The van der Waals surface area contributed by atoms with E-state index in [1.165, 1.54) is 14.2 Å². The van der Waals surface area contributed by atoms with Crippen LogP contribution in [0.25, 0.3) is 11.4 Å². The molecular weight excluding hydrogens is 322 g/mol. The molecule has 0 aliphatic heterocycles. The number of carbonyl (C=O) groups excluding carboxylic acids is 1. The zero-order chi connectivity index (χ0) is 17.8. The van der Waals surface area contributed by atoms with Gasteiger partial charge in [0.05, 0.1) is 19.8 Å². The number of aryl methyl sites for hydroxylation is 1. The number of benzene rings is 2. The topological polar surface area (TPSA) is 86.5 Å². The highest BCUT2D eigenvalue weighted by Gasteiger charge is 2.17. The normalized spacial score (nSPS) is 10.4. The molecule has 0 aliphatic carbocycles. The Morgan fingerprint density at radius 1 is 1.12 bits per heavy atom. The third-order valence-electron chi connectivity index (χ3n) is 3.55. The van der Waals surface area contributed by atoms with Crippen molar-refractivity contribution in [1.29, 1.82) is 0 Å². The van der Waals surface area contributed by atoms with Gasteiger partial charge in [0.25, 0.3) is 5.91 Å². The van der Waals surface area contributed by atoms with Crippen molar-refractivity contribution in [2.75, 3.05) is 19.5 Å². The molecule has 1 N–H and O–H groups in total. The number of carbonyl (C=O) groups is 1. The standard InChI is InChI=1S/C18H17N3O4/c1-11-19-17(21-25-11)12-6-4-7-13(10-12)20-18(22)14-8-5-9-15(23-2)16(14)24-3/h4-10H,1-3H3,(H,20,22). The van der Waals surface area contributed by atoms with E-state index in [2.05, 4.69) is 15.5 Å². The minimum atomic E-state index is -0.308. The van der Waals surface area contributed by atoms with Gasteiger partial charge in [0.1, 0.15) is 0 Å². The summed E-state index contributed by atoms with van der Waals surface area (Å²) < 4.78 is 15.5. The van der Waals surface area contributed by atoms with Crippen molar-refractivity contribution in [3.8, 4) is 22.9 Å². The molecule has 3 rings (SSSR count). The number of nitrogens with one attached hydrogen (secondary N) is 1. The summed E-state index contributed by atoms with van der Waals surface area (Å²) in [6.07, 6.45) is 0. The highest BCUT2D eigenvalue weighted by Crippen LogP contribution is 2.31. The Kier molecular flexibility index (Phi) is 4.65. The number of anilines is 1. The first-order valence-corrected chi connectivity index (χ1v) is 7.55. The van der Waals surface area contributed by atoms with Gasteiger partial charge < -0.3 is 19.3 Å². The van der Waals surface area contributed by atoms with Crippen molar-refractivity contribution < 1.29 is 18.8 Å². The van der Waals surface area contributed by atoms with E-state index in [0.717, 1.165) is 5.56 Å². The molecule has 0 bridgehead atoms. The molecule has 1 amide bonds. The van der Waals surface area contributed by atoms with E-state index >= 15 is 0 Å². The van der Waals surface area contributed by atoms with Gasteiger partial charge >= 0.3 is 0 Å². The van der Waals surface area contributed by atoms with Gasteiger partial charge in [-0.15, -0.1) is 0 Å². The lowest BCUT2D eigenvalue weighted by Gasteiger charge is -2.12. The fraction of sp³-hybridized carbons (Fsp3) is 0.167. The summed E-state index contributed by atoms with van der Waals surface area (Å²) in [6, 6.07) is 12.3. The van der Waals surface area contributed by atoms with Crippen LogP contribution in [0.2, 0.25) is 0 Å². The molecular formula is C18H17N3O4. The van der Waals surface area contributed by atoms with E-state index in [0.29, 0.717) is 34.5 Å². The first kappa shape index (κ1) is 16.5. The van der Waals surface area contributed by atoms with Crippen molar-refractivity contribution in [3.05, 3.63) is 53.9 Å². The molecule has 0 saturated carbocycles. The fourth-order valence-electron chi connectivity index (χ4n) is 2.42. The predicted octanol–water partition coefficient (Wildman–Crippen LogP) is 3.31. The quantitative estimate of drug-likeness (QED) is 0.767. The summed E-state index contributed by atoms with van der Waals surface area (Å²) in [5.74, 6) is 1.51. The summed E-state index contributed by atoms with van der Waals surface area (Å²) in [4.78, 5) is 16.8. The van der Waals surface area contributed by atoms with Gasteiger partial charge in [0, 0.05) is 18.2 Å². The Labute approximate surface area is 144 Å². The highest BCUT2D eigenvalue weighted by molar-refractivity contribution is 6.07. The smallest absolute Gasteiger partial charge is 0.259 e. The van der Waals surface area contributed by atoms with E-state index < -0.39 is 0 Å². The van der Waals surface area contributed by atoms with Crippen molar-refractivity contribution in [2.24, 2.45) is 0 Å². The third kappa shape index (κ3) is 3.45. The van der Waals surface area contributed by atoms with E-state index in [9.17, 15) is 4.79 Å². The lowest BCUT2D eigenvalue weighted by Crippen LogP contribution is -2.13. The predicted molar refractivity (Wildman–Crippen MR) is 92.0 cm³/mol. The van der Waals surface area contributed by atoms with Crippen LogP contribution in [-0.4, -0.2) is 30.3 Å². The Morgan fingerprint density at radius 2 is 1.92 bits per heavy atom. The Balaban J connectivity index is 1.87. The number of aromatic nitrogens is 2. The lowest BCUT2D eigenvalue weighted by atomic mass is 10.1. The number of methoxy groups -OCH3 is 2. The fourth-order valence-corrected chi connectivity index (χ4v) is 2.42. The number of hydrogen-bond acceptors (Lipinski definition) is 6. The maximum Gasteiger partial charge on any atom is 0.259 e. The second-order valence-electron chi connectivity index (χ2n) is 5.21. The molecule has 2 aromatic carbocycles. The van der Waals surface area contributed by atoms with Crippen LogP contribution in [0.1, 0.15) is 16.2 Å². The molecule has 0 radical (unpaired) electrons. The summed E-state index contributed by atoms with van der Waals surface area (Å²) in [7, 11) is 3.02. The summed E-state index contributed by atoms with van der Waals surface area (Å²) in [5.41, 5.74) is 1.73. The van der Waals surface area contributed by atoms with Gasteiger partial charge in [0.15, 0.2) is 11.5 Å². The number of hydrogen-bond donors (Lipinski definition) is 1. The van der Waals surface area contributed by atoms with E-state index in [4.69, 9.17) is 14.0 Å². The number of rotatable bonds is 5. The van der Waals surface area contributed by atoms with Gasteiger partial charge in [-0.2, -0.15) is 4.98 Å². The molecule has 1 aromatic heterocycles. The van der Waals surface area contributed by atoms with Gasteiger partial charge in [-0.1, -0.05) is 23.4 Å². The van der Waals surface area contributed by atoms with Crippen LogP contribution < -0.4 is 14.8 Å². The van der Waals surface area contributed by atoms with Gasteiger partial charge in [-0.3, -0.25) is 4.79 Å². The molecule has 3 aromatic rings. The zero-order valence-corrected chi connectivity index (χ0v) is 14.1. The van der Waals surface area contributed by atoms with Gasteiger partial charge in [-0.25, -0.2) is 0 Å². The first-order chi connectivity index (χ1) is 12.1. The van der Waals surface area contributed by atoms with E-state index in [1.807, 2.05) is 6.07 Å². The average Bonchev–Trinajstić information content (AvgIpc) is 3.07. The monoisotopic (exact) mass is 339 g/mol. The molecule has 1 heterocycles. The number of ether oxygens (including phenoxy) is 2. The van der Waals surface area contributed by atoms with E-state index in [1.54, 1.807) is 43.3 Å². The van der Waals surface area contributed by atoms with Gasteiger partial charge in [-0.05, 0) is 24.3 Å². The van der Waals surface area contributed by atoms with Crippen molar-refractivity contribution in [3.63, 3.8) is 0 Å². The number of amides is 1. The maximum atomic E-state index is 12.6. The molecule has 128 valence electrons. The van der Waals surface area contributed by atoms with Crippen LogP contribution in [-0.2, 0) is 0 Å². The Hall–Kier alpha value is -3.35. The molecule has 7 heteroatoms. The van der Waals surface area contributed by atoms with Crippen molar-refractivity contribution in [1.82, 2.24) is 10.1 Å². The van der Waals surface area contributed by atoms with Crippen LogP contribution in [0.4, 0.5) is 5.69 Å². The number of nitrogens with zero attached hydrogens (tertiary/aromatic N) is 2. The molecule has 7 nitrogen and oxygen atoms in total. The third-order valence-corrected chi connectivity index (χ3v) is 3.55. The van der Waals surface area contributed by atoms with Crippen LogP contribution in [0.15, 0.2) is 47.0 Å². The summed E-state index contributed by atoms with van der Waals surface area (Å²) in [6.45, 7) is 1.72. The van der Waals surface area contributed by atoms with E-state index in [-0.39, 0.29) is 5.91 Å². The summed E-state index contributed by atoms with van der Waals surface area (Å²) in [5, 5.41) is 6.72. The zero-order valence-electron chi connectivity index (χ0n) is 14.1. The minimum absolute atomic E-state index is 0.308. The Morgan fingerprint density at radius 3 is 2.60 bits per heavy atom. The van der Waals surface area contributed by atoms with Crippen LogP contribution in [0.3, 0.4) is 0 Å². The van der Waals surface area contributed by atoms with Crippen molar-refractivity contribution in [2.45, 2.75) is 6.92 Å². The number of para-hydroxylation sites is 1. The molecule has 0 unspecified atom stereocenters. The van der Waals surface area contributed by atoms with Crippen LogP contribution >= 0.6 is 0 Å². The van der Waals surface area contributed by atoms with Crippen LogP contribution in [0, 0.1) is 6.92 Å². The second-order valence-corrected chi connectivity index (χ2v) is 5.21. The Bertz CT molecular complexity index is 905. The second kappa shape index (κ2) is 7.04. The summed E-state index contributed by atoms with van der Waals surface area (Å²) >= 11 is 0. The molecule has 25 heavy (non-hydrogen) atoms. The van der Waals surface area contributed by atoms with Gasteiger partial charge in [0.2, 0.25) is 11.7 Å². The lowest BCUT2D eigenvalue weighted by molar-refractivity contribution is 0.102. The molecule has 0 aliphatic rings. The largest absolute Gasteiger partial charge is 0.493 e. The maximum absolute atomic E-state index is 12.6. The highest BCUT2D eigenvalue weighted by atomic mass is 16.5. The molecule has 0 spiro atoms. The minimum Gasteiger partial charge on any atom is -0.493 e. The SMILES string of the molecule is COc1cccc(C(=O)Nc2cccc(-c3noc(C)n3)c2)c1OC. The van der Waals surface area contributed by atoms with Crippen LogP contribution in [0.5, 0.6) is 11.5 Å².